The van der Waals surface area contributed by atoms with Crippen molar-refractivity contribution in [3.8, 4) is 0 Å². The van der Waals surface area contributed by atoms with E-state index in [4.69, 9.17) is 4.74 Å². The van der Waals surface area contributed by atoms with Crippen LogP contribution in [-0.4, -0.2) is 25.5 Å². The largest absolute Gasteiger partial charge is 0.380 e. The molecule has 0 aromatic heterocycles. The molecule has 0 atom stereocenters. The van der Waals surface area contributed by atoms with Crippen LogP contribution in [-0.2, 0) is 16.1 Å². The zero-order chi connectivity index (χ0) is 16.9. The van der Waals surface area contributed by atoms with Crippen molar-refractivity contribution in [1.29, 1.82) is 0 Å². The Labute approximate surface area is 141 Å². The second-order valence-electron chi connectivity index (χ2n) is 5.78. The van der Waals surface area contributed by atoms with Gasteiger partial charge < -0.3 is 15.0 Å². The molecule has 2 amide bonds. The molecular formula is C19H20N2O3. The standard InChI is InChI=1S/C19H20N2O3/c1-24-13-14-4-6-15(7-5-14)19(23)20-16-8-10-17(11-9-16)21-12-2-3-18(21)22/h4-11H,2-3,12-13H2,1H3,(H,20,23). The fourth-order valence-electron chi connectivity index (χ4n) is 2.77. The van der Waals surface area contributed by atoms with Gasteiger partial charge in [0.2, 0.25) is 5.91 Å². The van der Waals surface area contributed by atoms with Gasteiger partial charge in [-0.3, -0.25) is 9.59 Å². The van der Waals surface area contributed by atoms with Crippen LogP contribution in [0.4, 0.5) is 11.4 Å². The molecule has 2 aromatic carbocycles. The maximum atomic E-state index is 12.3. The van der Waals surface area contributed by atoms with Gasteiger partial charge in [-0.05, 0) is 48.4 Å². The SMILES string of the molecule is COCc1ccc(C(=O)Nc2ccc(N3CCCC3=O)cc2)cc1. The first-order valence-corrected chi connectivity index (χ1v) is 7.97. The molecule has 1 saturated heterocycles. The zero-order valence-corrected chi connectivity index (χ0v) is 13.6. The second-order valence-corrected chi connectivity index (χ2v) is 5.78. The summed E-state index contributed by atoms with van der Waals surface area (Å²) in [5, 5.41) is 2.87. The monoisotopic (exact) mass is 324 g/mol. The van der Waals surface area contributed by atoms with E-state index >= 15 is 0 Å². The molecule has 1 aliphatic heterocycles. The molecule has 5 heteroatoms. The molecule has 0 spiro atoms. The van der Waals surface area contributed by atoms with Gasteiger partial charge in [-0.25, -0.2) is 0 Å². The number of carbonyl (C=O) groups is 2. The lowest BCUT2D eigenvalue weighted by Gasteiger charge is -2.16. The van der Waals surface area contributed by atoms with Crippen molar-refractivity contribution >= 4 is 23.2 Å². The normalized spacial score (nSPS) is 14.0. The van der Waals surface area contributed by atoms with Crippen molar-refractivity contribution in [2.24, 2.45) is 0 Å². The number of amides is 2. The number of hydrogen-bond donors (Lipinski definition) is 1. The molecule has 0 saturated carbocycles. The Morgan fingerprint density at radius 1 is 1.12 bits per heavy atom. The van der Waals surface area contributed by atoms with E-state index in [9.17, 15) is 9.59 Å². The highest BCUT2D eigenvalue weighted by Gasteiger charge is 2.21. The van der Waals surface area contributed by atoms with Crippen molar-refractivity contribution < 1.29 is 14.3 Å². The summed E-state index contributed by atoms with van der Waals surface area (Å²) in [5.74, 6) is -0.00750. The van der Waals surface area contributed by atoms with E-state index < -0.39 is 0 Å². The zero-order valence-electron chi connectivity index (χ0n) is 13.6. The highest BCUT2D eigenvalue weighted by Crippen LogP contribution is 2.23. The van der Waals surface area contributed by atoms with Crippen molar-refractivity contribution in [1.82, 2.24) is 0 Å². The molecule has 3 rings (SSSR count). The van der Waals surface area contributed by atoms with Crippen LogP contribution in [0.25, 0.3) is 0 Å². The number of rotatable bonds is 5. The summed E-state index contributed by atoms with van der Waals surface area (Å²) in [5.41, 5.74) is 3.19. The van der Waals surface area contributed by atoms with E-state index in [-0.39, 0.29) is 11.8 Å². The first-order chi connectivity index (χ1) is 11.7. The first-order valence-electron chi connectivity index (χ1n) is 7.97. The second kappa shape index (κ2) is 7.27. The molecule has 5 nitrogen and oxygen atoms in total. The lowest BCUT2D eigenvalue weighted by atomic mass is 10.1. The van der Waals surface area contributed by atoms with Crippen LogP contribution in [0.2, 0.25) is 0 Å². The smallest absolute Gasteiger partial charge is 0.255 e. The van der Waals surface area contributed by atoms with E-state index in [2.05, 4.69) is 5.32 Å². The predicted octanol–water partition coefficient (Wildman–Crippen LogP) is 3.21. The lowest BCUT2D eigenvalue weighted by Crippen LogP contribution is -2.23. The van der Waals surface area contributed by atoms with Gasteiger partial charge in [-0.15, -0.1) is 0 Å². The van der Waals surface area contributed by atoms with Crippen molar-refractivity contribution in [3.63, 3.8) is 0 Å². The third kappa shape index (κ3) is 3.63. The molecule has 0 aliphatic carbocycles. The summed E-state index contributed by atoms with van der Waals surface area (Å²) >= 11 is 0. The maximum absolute atomic E-state index is 12.3. The fourth-order valence-corrected chi connectivity index (χ4v) is 2.77. The van der Waals surface area contributed by atoms with Gasteiger partial charge in [0.1, 0.15) is 0 Å². The number of carbonyl (C=O) groups excluding carboxylic acids is 2. The minimum Gasteiger partial charge on any atom is -0.380 e. The Morgan fingerprint density at radius 2 is 1.83 bits per heavy atom. The molecule has 24 heavy (non-hydrogen) atoms. The molecule has 2 aromatic rings. The van der Waals surface area contributed by atoms with E-state index in [1.807, 2.05) is 36.4 Å². The summed E-state index contributed by atoms with van der Waals surface area (Å²) in [4.78, 5) is 25.8. The fraction of sp³-hybridized carbons (Fsp3) is 0.263. The third-order valence-electron chi connectivity index (χ3n) is 4.04. The molecule has 0 bridgehead atoms. The van der Waals surface area contributed by atoms with Crippen LogP contribution in [0.5, 0.6) is 0 Å². The van der Waals surface area contributed by atoms with Gasteiger partial charge in [0.25, 0.3) is 5.91 Å². The molecule has 124 valence electrons. The van der Waals surface area contributed by atoms with Crippen LogP contribution < -0.4 is 10.2 Å². The maximum Gasteiger partial charge on any atom is 0.255 e. The minimum absolute atomic E-state index is 0.155. The van der Waals surface area contributed by atoms with Crippen LogP contribution >= 0.6 is 0 Å². The molecule has 1 heterocycles. The summed E-state index contributed by atoms with van der Waals surface area (Å²) in [6.07, 6.45) is 1.51. The minimum atomic E-state index is -0.163. The Hall–Kier alpha value is -2.66. The molecule has 1 fully saturated rings. The van der Waals surface area contributed by atoms with Crippen molar-refractivity contribution in [3.05, 3.63) is 59.7 Å². The Bertz CT molecular complexity index is 723. The Balaban J connectivity index is 1.64. The van der Waals surface area contributed by atoms with E-state index in [0.717, 1.165) is 24.2 Å². The summed E-state index contributed by atoms with van der Waals surface area (Å²) in [6.45, 7) is 1.29. The van der Waals surface area contributed by atoms with Gasteiger partial charge in [-0.1, -0.05) is 12.1 Å². The van der Waals surface area contributed by atoms with Crippen LogP contribution in [0, 0.1) is 0 Å². The highest BCUT2D eigenvalue weighted by atomic mass is 16.5. The molecule has 1 aliphatic rings. The number of anilines is 2. The van der Waals surface area contributed by atoms with Gasteiger partial charge >= 0.3 is 0 Å². The Kier molecular flexibility index (Phi) is 4.91. The summed E-state index contributed by atoms with van der Waals surface area (Å²) < 4.78 is 5.06. The molecular weight excluding hydrogens is 304 g/mol. The van der Waals surface area contributed by atoms with E-state index in [1.54, 1.807) is 24.1 Å². The predicted molar refractivity (Wildman–Crippen MR) is 93.1 cm³/mol. The van der Waals surface area contributed by atoms with Crippen LogP contribution in [0.15, 0.2) is 48.5 Å². The lowest BCUT2D eigenvalue weighted by molar-refractivity contribution is -0.117. The molecule has 1 N–H and O–H groups in total. The van der Waals surface area contributed by atoms with E-state index in [1.165, 1.54) is 0 Å². The van der Waals surface area contributed by atoms with Gasteiger partial charge in [0.05, 0.1) is 6.61 Å². The number of benzene rings is 2. The van der Waals surface area contributed by atoms with E-state index in [0.29, 0.717) is 24.3 Å². The third-order valence-corrected chi connectivity index (χ3v) is 4.04. The van der Waals surface area contributed by atoms with Crippen molar-refractivity contribution in [2.45, 2.75) is 19.4 Å². The van der Waals surface area contributed by atoms with Gasteiger partial charge in [0.15, 0.2) is 0 Å². The molecule has 0 unspecified atom stereocenters. The Morgan fingerprint density at radius 3 is 2.42 bits per heavy atom. The number of hydrogen-bond acceptors (Lipinski definition) is 3. The highest BCUT2D eigenvalue weighted by molar-refractivity contribution is 6.04. The average Bonchev–Trinajstić information content (AvgIpc) is 3.02. The average molecular weight is 324 g/mol. The first kappa shape index (κ1) is 16.2. The number of nitrogens with zero attached hydrogens (tertiary/aromatic N) is 1. The van der Waals surface area contributed by atoms with Gasteiger partial charge in [0, 0.05) is 37.0 Å². The quantitative estimate of drug-likeness (QED) is 0.919. The molecule has 0 radical (unpaired) electrons. The number of methoxy groups -OCH3 is 1. The summed E-state index contributed by atoms with van der Waals surface area (Å²) in [7, 11) is 1.64. The van der Waals surface area contributed by atoms with Crippen LogP contribution in [0.1, 0.15) is 28.8 Å². The van der Waals surface area contributed by atoms with Gasteiger partial charge in [-0.2, -0.15) is 0 Å². The number of ether oxygens (including phenoxy) is 1. The van der Waals surface area contributed by atoms with Crippen molar-refractivity contribution in [2.75, 3.05) is 23.9 Å². The topological polar surface area (TPSA) is 58.6 Å². The number of nitrogens with one attached hydrogen (secondary N) is 1. The summed E-state index contributed by atoms with van der Waals surface area (Å²) in [6, 6.07) is 14.7. The van der Waals surface area contributed by atoms with Crippen LogP contribution in [0.3, 0.4) is 0 Å².